The normalized spacial score (nSPS) is 10.3. The largest absolute Gasteiger partial charge is 0.457 e. The smallest absolute Gasteiger partial charge is 0.275 e. The van der Waals surface area contributed by atoms with Crippen LogP contribution in [0.1, 0.15) is 11.1 Å². The van der Waals surface area contributed by atoms with Crippen molar-refractivity contribution in [2.24, 2.45) is 0 Å². The van der Waals surface area contributed by atoms with Crippen LogP contribution < -0.4 is 4.74 Å². The van der Waals surface area contributed by atoms with Gasteiger partial charge in [-0.1, -0.05) is 17.7 Å². The van der Waals surface area contributed by atoms with Gasteiger partial charge in [-0.15, -0.1) is 0 Å². The van der Waals surface area contributed by atoms with Gasteiger partial charge >= 0.3 is 0 Å². The number of aliphatic hydroxyl groups is 1. The van der Waals surface area contributed by atoms with E-state index in [2.05, 4.69) is 0 Å². The summed E-state index contributed by atoms with van der Waals surface area (Å²) in [4.78, 5) is 10.2. The van der Waals surface area contributed by atoms with Crippen LogP contribution in [0.5, 0.6) is 11.5 Å². The first kappa shape index (κ1) is 14.3. The Labute approximate surface area is 120 Å². The summed E-state index contributed by atoms with van der Waals surface area (Å²) in [5.41, 5.74) is 0.952. The van der Waals surface area contributed by atoms with Crippen LogP contribution in [0.4, 0.5) is 5.69 Å². The first-order valence-electron chi connectivity index (χ1n) is 5.83. The van der Waals surface area contributed by atoms with E-state index >= 15 is 0 Å². The number of nitro benzene ring substituents is 1. The van der Waals surface area contributed by atoms with E-state index in [0.29, 0.717) is 16.5 Å². The van der Waals surface area contributed by atoms with Crippen molar-refractivity contribution in [3.8, 4) is 11.5 Å². The van der Waals surface area contributed by atoms with Gasteiger partial charge in [-0.25, -0.2) is 0 Å². The van der Waals surface area contributed by atoms with Crippen molar-refractivity contribution in [3.05, 3.63) is 62.7 Å². The van der Waals surface area contributed by atoms with E-state index in [1.807, 2.05) is 13.0 Å². The topological polar surface area (TPSA) is 72.6 Å². The summed E-state index contributed by atoms with van der Waals surface area (Å²) in [7, 11) is 0. The molecule has 0 unspecified atom stereocenters. The molecule has 2 rings (SSSR count). The minimum atomic E-state index is -0.542. The van der Waals surface area contributed by atoms with Gasteiger partial charge in [0.15, 0.2) is 0 Å². The van der Waals surface area contributed by atoms with Crippen LogP contribution in [-0.4, -0.2) is 10.0 Å². The van der Waals surface area contributed by atoms with Crippen molar-refractivity contribution in [1.29, 1.82) is 0 Å². The van der Waals surface area contributed by atoms with E-state index in [-0.39, 0.29) is 11.3 Å². The summed E-state index contributed by atoms with van der Waals surface area (Å²) in [5.74, 6) is 0.972. The molecule has 6 heteroatoms. The predicted octanol–water partition coefficient (Wildman–Crippen LogP) is 3.84. The Morgan fingerprint density at radius 2 is 2.05 bits per heavy atom. The van der Waals surface area contributed by atoms with Crippen LogP contribution in [-0.2, 0) is 6.61 Å². The number of nitrogens with zero attached hydrogens (tertiary/aromatic N) is 1. The zero-order valence-corrected chi connectivity index (χ0v) is 11.4. The summed E-state index contributed by atoms with van der Waals surface area (Å²) in [5, 5.41) is 20.5. The molecule has 0 saturated heterocycles. The first-order valence-corrected chi connectivity index (χ1v) is 6.21. The van der Waals surface area contributed by atoms with Gasteiger partial charge in [0.05, 0.1) is 17.1 Å². The third kappa shape index (κ3) is 3.07. The Morgan fingerprint density at radius 3 is 2.70 bits per heavy atom. The van der Waals surface area contributed by atoms with Crippen LogP contribution in [0.15, 0.2) is 36.4 Å². The molecule has 2 aromatic carbocycles. The Balaban J connectivity index is 2.34. The first-order chi connectivity index (χ1) is 9.51. The minimum absolute atomic E-state index is 0.136. The molecule has 0 aliphatic rings. The summed E-state index contributed by atoms with van der Waals surface area (Å²) < 4.78 is 5.65. The number of hydrogen-bond acceptors (Lipinski definition) is 4. The molecular weight excluding hydrogens is 282 g/mol. The highest BCUT2D eigenvalue weighted by Crippen LogP contribution is 2.30. The summed E-state index contributed by atoms with van der Waals surface area (Å²) in [6, 6.07) is 9.46. The van der Waals surface area contributed by atoms with Gasteiger partial charge in [-0.3, -0.25) is 10.1 Å². The third-order valence-electron chi connectivity index (χ3n) is 2.80. The molecular formula is C14H12ClNO4. The summed E-state index contributed by atoms with van der Waals surface area (Å²) in [6.45, 7) is 1.44. The van der Waals surface area contributed by atoms with Gasteiger partial charge in [-0.05, 0) is 36.8 Å². The number of aliphatic hydroxyl groups excluding tert-OH is 1. The minimum Gasteiger partial charge on any atom is -0.457 e. The van der Waals surface area contributed by atoms with E-state index in [1.54, 1.807) is 12.1 Å². The zero-order valence-electron chi connectivity index (χ0n) is 10.7. The average Bonchev–Trinajstić information content (AvgIpc) is 2.42. The maximum atomic E-state index is 10.8. The second-order valence-corrected chi connectivity index (χ2v) is 4.65. The maximum Gasteiger partial charge on any atom is 0.275 e. The van der Waals surface area contributed by atoms with Gasteiger partial charge in [0, 0.05) is 11.1 Å². The SMILES string of the molecule is Cc1ccc(Cl)cc1Oc1ccc([N+](=O)[O-])c(CO)c1. The molecule has 0 atom stereocenters. The fourth-order valence-electron chi connectivity index (χ4n) is 1.74. The molecule has 0 heterocycles. The lowest BCUT2D eigenvalue weighted by Gasteiger charge is -2.10. The molecule has 0 fully saturated rings. The molecule has 104 valence electrons. The van der Waals surface area contributed by atoms with Gasteiger partial charge in [-0.2, -0.15) is 0 Å². The van der Waals surface area contributed by atoms with E-state index in [1.165, 1.54) is 18.2 Å². The standard InChI is InChI=1S/C14H12ClNO4/c1-9-2-3-11(15)7-14(9)20-12-4-5-13(16(18)19)10(6-12)8-17/h2-7,17H,8H2,1H3. The molecule has 0 saturated carbocycles. The van der Waals surface area contributed by atoms with Crippen molar-refractivity contribution in [1.82, 2.24) is 0 Å². The number of hydrogen-bond donors (Lipinski definition) is 1. The highest BCUT2D eigenvalue weighted by atomic mass is 35.5. The Kier molecular flexibility index (Phi) is 4.22. The number of ether oxygens (including phenoxy) is 1. The Bertz CT molecular complexity index is 658. The second kappa shape index (κ2) is 5.90. The molecule has 0 aromatic heterocycles. The van der Waals surface area contributed by atoms with Crippen molar-refractivity contribution >= 4 is 17.3 Å². The number of aryl methyl sites for hydroxylation is 1. The maximum absolute atomic E-state index is 10.8. The van der Waals surface area contributed by atoms with Gasteiger partial charge < -0.3 is 9.84 Å². The van der Waals surface area contributed by atoms with Gasteiger partial charge in [0.1, 0.15) is 11.5 Å². The molecule has 1 N–H and O–H groups in total. The number of halogens is 1. The third-order valence-corrected chi connectivity index (χ3v) is 3.03. The lowest BCUT2D eigenvalue weighted by Crippen LogP contribution is -1.96. The molecule has 0 radical (unpaired) electrons. The van der Waals surface area contributed by atoms with Crippen molar-refractivity contribution < 1.29 is 14.8 Å². The van der Waals surface area contributed by atoms with Crippen molar-refractivity contribution in [2.75, 3.05) is 0 Å². The number of benzene rings is 2. The van der Waals surface area contributed by atoms with E-state index in [4.69, 9.17) is 16.3 Å². The quantitative estimate of drug-likeness (QED) is 0.686. The predicted molar refractivity (Wildman–Crippen MR) is 75.3 cm³/mol. The monoisotopic (exact) mass is 293 g/mol. The van der Waals surface area contributed by atoms with E-state index in [9.17, 15) is 15.2 Å². The number of nitro groups is 1. The molecule has 2 aromatic rings. The number of rotatable bonds is 4. The van der Waals surface area contributed by atoms with Crippen molar-refractivity contribution in [3.63, 3.8) is 0 Å². The fourth-order valence-corrected chi connectivity index (χ4v) is 1.90. The second-order valence-electron chi connectivity index (χ2n) is 4.22. The summed E-state index contributed by atoms with van der Waals surface area (Å²) in [6.07, 6.45) is 0. The zero-order chi connectivity index (χ0) is 14.7. The molecule has 5 nitrogen and oxygen atoms in total. The Morgan fingerprint density at radius 1 is 1.30 bits per heavy atom. The highest BCUT2D eigenvalue weighted by Gasteiger charge is 2.14. The van der Waals surface area contributed by atoms with Crippen molar-refractivity contribution in [2.45, 2.75) is 13.5 Å². The molecule has 0 bridgehead atoms. The average molecular weight is 294 g/mol. The molecule has 0 amide bonds. The summed E-state index contributed by atoms with van der Waals surface area (Å²) >= 11 is 5.90. The fraction of sp³-hybridized carbons (Fsp3) is 0.143. The highest BCUT2D eigenvalue weighted by molar-refractivity contribution is 6.30. The van der Waals surface area contributed by atoms with E-state index in [0.717, 1.165) is 5.56 Å². The molecule has 20 heavy (non-hydrogen) atoms. The molecule has 0 spiro atoms. The lowest BCUT2D eigenvalue weighted by molar-refractivity contribution is -0.385. The molecule has 0 aliphatic carbocycles. The van der Waals surface area contributed by atoms with Crippen LogP contribution in [0.3, 0.4) is 0 Å². The lowest BCUT2D eigenvalue weighted by atomic mass is 10.2. The van der Waals surface area contributed by atoms with Crippen LogP contribution in [0.25, 0.3) is 0 Å². The van der Waals surface area contributed by atoms with Crippen LogP contribution in [0.2, 0.25) is 5.02 Å². The van der Waals surface area contributed by atoms with E-state index < -0.39 is 11.5 Å². The molecule has 0 aliphatic heterocycles. The van der Waals surface area contributed by atoms with Crippen LogP contribution >= 0.6 is 11.6 Å². The van der Waals surface area contributed by atoms with Gasteiger partial charge in [0.25, 0.3) is 5.69 Å². The van der Waals surface area contributed by atoms with Crippen LogP contribution in [0, 0.1) is 17.0 Å². The Hall–Kier alpha value is -2.11. The van der Waals surface area contributed by atoms with Gasteiger partial charge in [0.2, 0.25) is 0 Å².